The van der Waals surface area contributed by atoms with Gasteiger partial charge in [-0.3, -0.25) is 4.90 Å². The Balaban J connectivity index is 1.15. The highest BCUT2D eigenvalue weighted by Crippen LogP contribution is 2.27. The van der Waals surface area contributed by atoms with E-state index in [1.54, 1.807) is 24.3 Å². The molecule has 0 spiro atoms. The van der Waals surface area contributed by atoms with Crippen molar-refractivity contribution < 1.29 is 13.9 Å². The number of hydrogen-bond acceptors (Lipinski definition) is 7. The van der Waals surface area contributed by atoms with E-state index in [1.165, 1.54) is 12.7 Å². The van der Waals surface area contributed by atoms with E-state index in [0.717, 1.165) is 74.0 Å². The second-order valence-electron chi connectivity index (χ2n) is 9.13. The molecule has 8 nitrogen and oxygen atoms in total. The summed E-state index contributed by atoms with van der Waals surface area (Å²) in [6.07, 6.45) is 5.12. The van der Waals surface area contributed by atoms with Crippen LogP contribution in [0.5, 0.6) is 0 Å². The Morgan fingerprint density at radius 3 is 2.69 bits per heavy atom. The minimum absolute atomic E-state index is 0.320. The van der Waals surface area contributed by atoms with E-state index in [2.05, 4.69) is 20.9 Å². The molecular formula is C28H28N4O4. The molecule has 184 valence electrons. The highest BCUT2D eigenvalue weighted by Gasteiger charge is 2.20. The van der Waals surface area contributed by atoms with Gasteiger partial charge in [-0.2, -0.15) is 5.26 Å². The molecule has 2 aromatic heterocycles. The molecule has 8 heteroatoms. The summed E-state index contributed by atoms with van der Waals surface area (Å²) in [7, 11) is 1.40. The molecule has 5 rings (SSSR count). The van der Waals surface area contributed by atoms with Gasteiger partial charge in [0.1, 0.15) is 5.58 Å². The number of hydrogen-bond donors (Lipinski definition) is 1. The summed E-state index contributed by atoms with van der Waals surface area (Å²) < 4.78 is 10.2. The van der Waals surface area contributed by atoms with Gasteiger partial charge in [0, 0.05) is 54.7 Å². The van der Waals surface area contributed by atoms with Crippen LogP contribution in [0.1, 0.15) is 34.3 Å². The average molecular weight is 485 g/mol. The van der Waals surface area contributed by atoms with Gasteiger partial charge in [0.2, 0.25) is 0 Å². The van der Waals surface area contributed by atoms with E-state index in [-0.39, 0.29) is 5.97 Å². The lowest BCUT2D eigenvalue weighted by Crippen LogP contribution is -2.46. The third-order valence-electron chi connectivity index (χ3n) is 6.92. The highest BCUT2D eigenvalue weighted by molar-refractivity contribution is 5.95. The Labute approximate surface area is 208 Å². The second kappa shape index (κ2) is 10.3. The average Bonchev–Trinajstić information content (AvgIpc) is 3.32. The van der Waals surface area contributed by atoms with Gasteiger partial charge in [-0.15, -0.1) is 0 Å². The minimum Gasteiger partial charge on any atom is -0.465 e. The standard InChI is InChI=1S/C28H28N4O4/c1-35-28(34)20-6-8-24-23(15-20)21(18-30-24)4-2-3-9-31-10-12-32(13-11-31)25-16-27(33)36-26-14-19(17-29)5-7-22(25)26/h5-8,14-16,18,30H,2-4,9-13H2,1H3. The van der Waals surface area contributed by atoms with Gasteiger partial charge in [-0.1, -0.05) is 0 Å². The zero-order valence-corrected chi connectivity index (χ0v) is 20.3. The predicted octanol–water partition coefficient (Wildman–Crippen LogP) is 4.08. The van der Waals surface area contributed by atoms with Gasteiger partial charge in [0.25, 0.3) is 0 Å². The smallest absolute Gasteiger partial charge is 0.338 e. The molecule has 0 unspecified atom stereocenters. The summed E-state index contributed by atoms with van der Waals surface area (Å²) in [5, 5.41) is 11.1. The first-order chi connectivity index (χ1) is 17.6. The quantitative estimate of drug-likeness (QED) is 0.240. The number of rotatable bonds is 7. The van der Waals surface area contributed by atoms with Crippen LogP contribution in [0.15, 0.2) is 57.9 Å². The van der Waals surface area contributed by atoms with Crippen molar-refractivity contribution in [1.29, 1.82) is 5.26 Å². The second-order valence-corrected chi connectivity index (χ2v) is 9.13. The summed E-state index contributed by atoms with van der Waals surface area (Å²) >= 11 is 0. The maximum Gasteiger partial charge on any atom is 0.338 e. The molecule has 0 saturated carbocycles. The number of esters is 1. The zero-order valence-electron chi connectivity index (χ0n) is 20.3. The number of piperazine rings is 1. The van der Waals surface area contributed by atoms with Crippen molar-refractivity contribution >= 4 is 33.5 Å². The number of nitriles is 1. The molecule has 2 aromatic carbocycles. The first-order valence-electron chi connectivity index (χ1n) is 12.2. The molecule has 4 aromatic rings. The molecule has 0 radical (unpaired) electrons. The maximum absolute atomic E-state index is 12.1. The fourth-order valence-corrected chi connectivity index (χ4v) is 4.97. The Kier molecular flexibility index (Phi) is 6.74. The highest BCUT2D eigenvalue weighted by atomic mass is 16.5. The van der Waals surface area contributed by atoms with E-state index in [1.807, 2.05) is 24.4 Å². The molecule has 1 saturated heterocycles. The van der Waals surface area contributed by atoms with Crippen LogP contribution in [0.2, 0.25) is 0 Å². The third-order valence-corrected chi connectivity index (χ3v) is 6.92. The van der Waals surface area contributed by atoms with Gasteiger partial charge in [0.05, 0.1) is 30.0 Å². The molecule has 0 aliphatic carbocycles. The van der Waals surface area contributed by atoms with E-state index in [4.69, 9.17) is 14.4 Å². The number of nitrogens with zero attached hydrogens (tertiary/aromatic N) is 3. The number of aromatic nitrogens is 1. The summed E-state index contributed by atoms with van der Waals surface area (Å²) in [4.78, 5) is 32.0. The number of nitrogens with one attached hydrogen (secondary N) is 1. The summed E-state index contributed by atoms with van der Waals surface area (Å²) in [5.74, 6) is -0.320. The van der Waals surface area contributed by atoms with Gasteiger partial charge >= 0.3 is 11.6 Å². The molecule has 36 heavy (non-hydrogen) atoms. The molecule has 0 bridgehead atoms. The van der Waals surface area contributed by atoms with Crippen molar-refractivity contribution in [2.75, 3.05) is 44.7 Å². The van der Waals surface area contributed by atoms with Gasteiger partial charge < -0.3 is 19.0 Å². The number of ether oxygens (including phenoxy) is 1. The molecule has 0 atom stereocenters. The van der Waals surface area contributed by atoms with Crippen molar-refractivity contribution in [3.05, 3.63) is 75.8 Å². The number of carbonyl (C=O) groups excluding carboxylic acids is 1. The monoisotopic (exact) mass is 484 g/mol. The van der Waals surface area contributed by atoms with Gasteiger partial charge in [-0.25, -0.2) is 9.59 Å². The number of carbonyl (C=O) groups is 1. The van der Waals surface area contributed by atoms with Crippen LogP contribution in [-0.4, -0.2) is 55.7 Å². The lowest BCUT2D eigenvalue weighted by atomic mass is 10.0. The fourth-order valence-electron chi connectivity index (χ4n) is 4.97. The van der Waals surface area contributed by atoms with Crippen molar-refractivity contribution in [2.24, 2.45) is 0 Å². The molecular weight excluding hydrogens is 456 g/mol. The lowest BCUT2D eigenvalue weighted by Gasteiger charge is -2.36. The topological polar surface area (TPSA) is 103 Å². The molecule has 1 aliphatic heterocycles. The van der Waals surface area contributed by atoms with Crippen LogP contribution in [0, 0.1) is 11.3 Å². The normalized spacial score (nSPS) is 14.3. The predicted molar refractivity (Wildman–Crippen MR) is 138 cm³/mol. The Bertz CT molecular complexity index is 1510. The molecule has 0 amide bonds. The lowest BCUT2D eigenvalue weighted by molar-refractivity contribution is 0.0601. The number of fused-ring (bicyclic) bond motifs is 2. The Hall–Kier alpha value is -4.09. The number of benzene rings is 2. The number of methoxy groups -OCH3 is 1. The number of aryl methyl sites for hydroxylation is 1. The van der Waals surface area contributed by atoms with E-state index >= 15 is 0 Å². The van der Waals surface area contributed by atoms with Gasteiger partial charge in [-0.05, 0) is 67.8 Å². The fraction of sp³-hybridized carbons (Fsp3) is 0.321. The first-order valence-corrected chi connectivity index (χ1v) is 12.2. The number of H-pyrrole nitrogens is 1. The minimum atomic E-state index is -0.397. The summed E-state index contributed by atoms with van der Waals surface area (Å²) in [5.41, 5.74) is 4.22. The summed E-state index contributed by atoms with van der Waals surface area (Å²) in [6.45, 7) is 4.53. The third kappa shape index (κ3) is 4.83. The van der Waals surface area contributed by atoms with Crippen molar-refractivity contribution in [2.45, 2.75) is 19.3 Å². The van der Waals surface area contributed by atoms with E-state index in [9.17, 15) is 9.59 Å². The Morgan fingerprint density at radius 1 is 1.08 bits per heavy atom. The number of unbranched alkanes of at least 4 members (excludes halogenated alkanes) is 1. The van der Waals surface area contributed by atoms with Crippen LogP contribution in [0.4, 0.5) is 5.69 Å². The van der Waals surface area contributed by atoms with Crippen molar-refractivity contribution in [1.82, 2.24) is 9.88 Å². The first kappa shape index (κ1) is 23.6. The van der Waals surface area contributed by atoms with Crippen LogP contribution in [-0.2, 0) is 11.2 Å². The van der Waals surface area contributed by atoms with Crippen LogP contribution >= 0.6 is 0 Å². The van der Waals surface area contributed by atoms with Crippen LogP contribution < -0.4 is 10.5 Å². The zero-order chi connectivity index (χ0) is 25.1. The van der Waals surface area contributed by atoms with Crippen LogP contribution in [0.3, 0.4) is 0 Å². The maximum atomic E-state index is 12.1. The molecule has 3 heterocycles. The Morgan fingerprint density at radius 2 is 1.92 bits per heavy atom. The van der Waals surface area contributed by atoms with Crippen molar-refractivity contribution in [3.8, 4) is 6.07 Å². The SMILES string of the molecule is COC(=O)c1ccc2[nH]cc(CCCCN3CCN(c4cc(=O)oc5cc(C#N)ccc45)CC3)c2c1. The van der Waals surface area contributed by atoms with E-state index in [0.29, 0.717) is 16.7 Å². The van der Waals surface area contributed by atoms with Crippen molar-refractivity contribution in [3.63, 3.8) is 0 Å². The molecule has 1 N–H and O–H groups in total. The number of anilines is 1. The summed E-state index contributed by atoms with van der Waals surface area (Å²) in [6, 6.07) is 14.5. The number of aromatic amines is 1. The largest absolute Gasteiger partial charge is 0.465 e. The van der Waals surface area contributed by atoms with Gasteiger partial charge in [0.15, 0.2) is 0 Å². The molecule has 1 fully saturated rings. The van der Waals surface area contributed by atoms with Crippen LogP contribution in [0.25, 0.3) is 21.9 Å². The molecule has 1 aliphatic rings. The van der Waals surface area contributed by atoms with E-state index < -0.39 is 5.63 Å².